The van der Waals surface area contributed by atoms with E-state index in [0.29, 0.717) is 0 Å². The third-order valence-corrected chi connectivity index (χ3v) is 7.44. The maximum Gasteiger partial charge on any atom is 1.00 e. The SMILES string of the molecule is CCCCCCCCCCCCCCCCCCCOC(=O)c1ccccc1C(=O)OC(C)S(=O)(=O)[O-].[K+]. The molecule has 0 aromatic heterocycles. The maximum absolute atomic E-state index is 12.4. The molecule has 212 valence electrons. The van der Waals surface area contributed by atoms with Crippen molar-refractivity contribution in [3.63, 3.8) is 0 Å². The van der Waals surface area contributed by atoms with Crippen molar-refractivity contribution >= 4 is 22.1 Å². The first-order valence-electron chi connectivity index (χ1n) is 14.2. The molecule has 0 saturated heterocycles. The number of esters is 2. The summed E-state index contributed by atoms with van der Waals surface area (Å²) < 4.78 is 42.9. The minimum absolute atomic E-state index is 0. The average molecular weight is 579 g/mol. The molecular weight excluding hydrogens is 531 g/mol. The molecule has 1 atom stereocenters. The summed E-state index contributed by atoms with van der Waals surface area (Å²) in [5.74, 6) is -1.74. The van der Waals surface area contributed by atoms with Gasteiger partial charge in [-0.25, -0.2) is 18.0 Å². The second kappa shape index (κ2) is 23.4. The van der Waals surface area contributed by atoms with Crippen molar-refractivity contribution < 1.29 is 83.4 Å². The summed E-state index contributed by atoms with van der Waals surface area (Å²) in [6.45, 7) is 3.47. The van der Waals surface area contributed by atoms with Crippen LogP contribution in [0.5, 0.6) is 0 Å². The third kappa shape index (κ3) is 18.1. The van der Waals surface area contributed by atoms with Gasteiger partial charge in [0.1, 0.15) is 10.1 Å². The Labute approximate surface area is 273 Å². The summed E-state index contributed by atoms with van der Waals surface area (Å²) in [4.78, 5) is 24.7. The molecule has 0 bridgehead atoms. The summed E-state index contributed by atoms with van der Waals surface area (Å²) in [5, 5.41) is 0. The van der Waals surface area contributed by atoms with Gasteiger partial charge in [-0.2, -0.15) is 0 Å². The van der Waals surface area contributed by atoms with Gasteiger partial charge in [0.25, 0.3) is 0 Å². The van der Waals surface area contributed by atoms with Crippen LogP contribution in [0.3, 0.4) is 0 Å². The zero-order chi connectivity index (χ0) is 27.4. The summed E-state index contributed by atoms with van der Waals surface area (Å²) >= 11 is 0. The van der Waals surface area contributed by atoms with Crippen molar-refractivity contribution in [2.75, 3.05) is 6.61 Å². The van der Waals surface area contributed by atoms with Crippen LogP contribution >= 0.6 is 0 Å². The molecule has 0 spiro atoms. The molecule has 0 N–H and O–H groups in total. The Bertz CT molecular complexity index is 873. The number of hydrogen-bond donors (Lipinski definition) is 0. The third-order valence-electron chi connectivity index (χ3n) is 6.53. The number of unbranched alkanes of at least 4 members (excludes halogenated alkanes) is 16. The largest absolute Gasteiger partial charge is 1.00 e. The first kappa shape index (κ1) is 37.7. The number of carbonyl (C=O) groups excluding carboxylic acids is 2. The van der Waals surface area contributed by atoms with E-state index < -0.39 is 27.5 Å². The molecule has 0 radical (unpaired) electrons. The molecule has 1 rings (SSSR count). The van der Waals surface area contributed by atoms with Crippen LogP contribution in [0.1, 0.15) is 144 Å². The number of rotatable bonds is 22. The van der Waals surface area contributed by atoms with E-state index in [1.165, 1.54) is 108 Å². The minimum Gasteiger partial charge on any atom is -0.745 e. The molecule has 7 nitrogen and oxygen atoms in total. The van der Waals surface area contributed by atoms with Gasteiger partial charge in [-0.1, -0.05) is 122 Å². The molecule has 0 aliphatic carbocycles. The van der Waals surface area contributed by atoms with Gasteiger partial charge in [-0.05, 0) is 25.5 Å². The van der Waals surface area contributed by atoms with Crippen LogP contribution in [0.25, 0.3) is 0 Å². The Kier molecular flexibility index (Phi) is 23.2. The van der Waals surface area contributed by atoms with Crippen LogP contribution in [0.15, 0.2) is 24.3 Å². The van der Waals surface area contributed by atoms with Crippen LogP contribution in [0.2, 0.25) is 0 Å². The second-order valence-electron chi connectivity index (χ2n) is 9.80. The van der Waals surface area contributed by atoms with E-state index in [4.69, 9.17) is 4.74 Å². The molecule has 1 aromatic carbocycles. The van der Waals surface area contributed by atoms with Gasteiger partial charge in [0.05, 0.1) is 17.7 Å². The second-order valence-corrected chi connectivity index (χ2v) is 11.5. The molecule has 0 fully saturated rings. The normalized spacial score (nSPS) is 12.0. The summed E-state index contributed by atoms with van der Waals surface area (Å²) in [7, 11) is -4.79. The van der Waals surface area contributed by atoms with E-state index in [1.54, 1.807) is 6.07 Å². The standard InChI is InChI=1S/C29H48O7S.K/c1-3-4-5-6-7-8-9-10-11-12-13-14-15-16-17-18-21-24-35-28(30)26-22-19-20-23-27(26)29(31)36-25(2)37(32,33)34;/h19-20,22-23,25H,3-18,21,24H2,1-2H3,(H,32,33,34);/q;+1/p-1. The van der Waals surface area contributed by atoms with Gasteiger partial charge in [0.15, 0.2) is 5.44 Å². The summed E-state index contributed by atoms with van der Waals surface area (Å²) in [6, 6.07) is 5.82. The molecule has 0 heterocycles. The number of hydrogen-bond acceptors (Lipinski definition) is 7. The number of carbonyl (C=O) groups is 2. The summed E-state index contributed by atoms with van der Waals surface area (Å²) in [6.07, 6.45) is 21.6. The molecule has 38 heavy (non-hydrogen) atoms. The Morgan fingerprint density at radius 1 is 0.711 bits per heavy atom. The minimum atomic E-state index is -4.79. The Balaban J connectivity index is 0.0000137. The van der Waals surface area contributed by atoms with Crippen LogP contribution in [0, 0.1) is 0 Å². The monoisotopic (exact) mass is 578 g/mol. The molecule has 0 saturated carbocycles. The average Bonchev–Trinajstić information content (AvgIpc) is 2.87. The van der Waals surface area contributed by atoms with Crippen molar-refractivity contribution in [2.24, 2.45) is 0 Å². The van der Waals surface area contributed by atoms with Crippen LogP contribution in [-0.2, 0) is 19.6 Å². The quantitative estimate of drug-likeness (QED) is 0.0859. The van der Waals surface area contributed by atoms with Crippen molar-refractivity contribution in [3.05, 3.63) is 35.4 Å². The predicted molar refractivity (Wildman–Crippen MR) is 145 cm³/mol. The van der Waals surface area contributed by atoms with Gasteiger partial charge >= 0.3 is 63.3 Å². The smallest absolute Gasteiger partial charge is 0.745 e. The molecule has 0 amide bonds. The fourth-order valence-electron chi connectivity index (χ4n) is 4.18. The molecule has 0 aliphatic rings. The Morgan fingerprint density at radius 2 is 1.08 bits per heavy atom. The Morgan fingerprint density at radius 3 is 1.47 bits per heavy atom. The Hall–Kier alpha value is -0.294. The van der Waals surface area contributed by atoms with Crippen molar-refractivity contribution in [2.45, 2.75) is 128 Å². The predicted octanol–water partition coefficient (Wildman–Crippen LogP) is 4.55. The van der Waals surface area contributed by atoms with Crippen LogP contribution < -0.4 is 51.4 Å². The van der Waals surface area contributed by atoms with Gasteiger partial charge in [-0.15, -0.1) is 0 Å². The van der Waals surface area contributed by atoms with E-state index in [-0.39, 0.29) is 69.1 Å². The number of ether oxygens (including phenoxy) is 2. The van der Waals surface area contributed by atoms with E-state index in [9.17, 15) is 22.6 Å². The first-order chi connectivity index (χ1) is 17.8. The van der Waals surface area contributed by atoms with E-state index >= 15 is 0 Å². The van der Waals surface area contributed by atoms with Crippen LogP contribution in [0.4, 0.5) is 0 Å². The molecule has 0 aliphatic heterocycles. The van der Waals surface area contributed by atoms with Gasteiger partial charge < -0.3 is 14.0 Å². The molecule has 1 unspecified atom stereocenters. The molecular formula is C29H47KO7S. The molecule has 9 heteroatoms. The van der Waals surface area contributed by atoms with Crippen molar-refractivity contribution in [1.82, 2.24) is 0 Å². The number of benzene rings is 1. The van der Waals surface area contributed by atoms with E-state index in [2.05, 4.69) is 11.7 Å². The first-order valence-corrected chi connectivity index (χ1v) is 15.7. The zero-order valence-corrected chi connectivity index (χ0v) is 27.8. The van der Waals surface area contributed by atoms with Crippen molar-refractivity contribution in [3.8, 4) is 0 Å². The van der Waals surface area contributed by atoms with Crippen molar-refractivity contribution in [1.29, 1.82) is 0 Å². The van der Waals surface area contributed by atoms with E-state index in [1.807, 2.05) is 0 Å². The van der Waals surface area contributed by atoms with Gasteiger partial charge in [-0.3, -0.25) is 0 Å². The molecule has 1 aromatic rings. The van der Waals surface area contributed by atoms with Gasteiger partial charge in [0.2, 0.25) is 0 Å². The fourth-order valence-corrected chi connectivity index (χ4v) is 4.39. The van der Waals surface area contributed by atoms with Gasteiger partial charge in [0, 0.05) is 0 Å². The van der Waals surface area contributed by atoms with Crippen LogP contribution in [-0.4, -0.2) is 37.0 Å². The summed E-state index contributed by atoms with van der Waals surface area (Å²) in [5.41, 5.74) is -2.00. The van der Waals surface area contributed by atoms with E-state index in [0.717, 1.165) is 26.2 Å². The topological polar surface area (TPSA) is 110 Å². The zero-order valence-electron chi connectivity index (χ0n) is 23.9. The fraction of sp³-hybridized carbons (Fsp3) is 0.724. The maximum atomic E-state index is 12.4.